The first kappa shape index (κ1) is 25.0. The molecule has 7 heteroatoms. The van der Waals surface area contributed by atoms with E-state index in [0.717, 1.165) is 65.6 Å². The minimum absolute atomic E-state index is 0.0865. The van der Waals surface area contributed by atoms with Gasteiger partial charge in [-0.3, -0.25) is 9.59 Å². The van der Waals surface area contributed by atoms with E-state index in [4.69, 9.17) is 4.74 Å². The van der Waals surface area contributed by atoms with Gasteiger partial charge in [0.05, 0.1) is 13.5 Å². The highest BCUT2D eigenvalue weighted by Crippen LogP contribution is 2.25. The molecule has 1 aliphatic heterocycles. The summed E-state index contributed by atoms with van der Waals surface area (Å²) in [5.74, 6) is 1.34. The second-order valence-electron chi connectivity index (χ2n) is 9.28. The van der Waals surface area contributed by atoms with Gasteiger partial charge < -0.3 is 20.3 Å². The average molecular weight is 507 g/mol. The summed E-state index contributed by atoms with van der Waals surface area (Å²) < 4.78 is 5.15. The molecule has 0 aliphatic carbocycles. The molecule has 0 unspecified atom stereocenters. The zero-order chi connectivity index (χ0) is 26.3. The van der Waals surface area contributed by atoms with Crippen molar-refractivity contribution in [2.75, 3.05) is 35.7 Å². The van der Waals surface area contributed by atoms with Gasteiger partial charge in [-0.25, -0.2) is 4.98 Å². The zero-order valence-corrected chi connectivity index (χ0v) is 21.3. The van der Waals surface area contributed by atoms with Crippen LogP contribution < -0.4 is 20.3 Å². The van der Waals surface area contributed by atoms with Crippen LogP contribution in [0.25, 0.3) is 11.1 Å². The largest absolute Gasteiger partial charge is 0.497 e. The molecule has 192 valence electrons. The van der Waals surface area contributed by atoms with Crippen LogP contribution in [0.15, 0.2) is 91.1 Å². The SMILES string of the molecule is COc1ccc(NC(=O)Cc2ccc(-c3cccc(NC(=O)c4ccnc(N5CCCC5)c4)c3)cc2)cc1. The van der Waals surface area contributed by atoms with E-state index < -0.39 is 0 Å². The molecule has 1 saturated heterocycles. The number of carbonyl (C=O) groups is 2. The van der Waals surface area contributed by atoms with Crippen molar-refractivity contribution < 1.29 is 14.3 Å². The van der Waals surface area contributed by atoms with Gasteiger partial charge in [-0.15, -0.1) is 0 Å². The molecule has 0 bridgehead atoms. The van der Waals surface area contributed by atoms with Crippen LogP contribution in [0.4, 0.5) is 17.2 Å². The number of nitrogens with zero attached hydrogens (tertiary/aromatic N) is 2. The summed E-state index contributed by atoms with van der Waals surface area (Å²) in [4.78, 5) is 32.0. The summed E-state index contributed by atoms with van der Waals surface area (Å²) in [6.07, 6.45) is 4.27. The molecule has 4 aromatic rings. The number of methoxy groups -OCH3 is 1. The van der Waals surface area contributed by atoms with E-state index in [1.165, 1.54) is 0 Å². The molecule has 0 saturated carbocycles. The topological polar surface area (TPSA) is 83.6 Å². The van der Waals surface area contributed by atoms with Gasteiger partial charge >= 0.3 is 0 Å². The van der Waals surface area contributed by atoms with Gasteiger partial charge in [0.15, 0.2) is 0 Å². The van der Waals surface area contributed by atoms with Gasteiger partial charge in [0.1, 0.15) is 11.6 Å². The van der Waals surface area contributed by atoms with E-state index in [-0.39, 0.29) is 18.2 Å². The molecule has 2 N–H and O–H groups in total. The average Bonchev–Trinajstić information content (AvgIpc) is 3.49. The minimum atomic E-state index is -0.164. The maximum absolute atomic E-state index is 12.9. The number of amides is 2. The number of rotatable bonds is 8. The monoisotopic (exact) mass is 506 g/mol. The van der Waals surface area contributed by atoms with E-state index in [1.54, 1.807) is 19.4 Å². The van der Waals surface area contributed by atoms with E-state index in [0.29, 0.717) is 5.56 Å². The van der Waals surface area contributed by atoms with Crippen molar-refractivity contribution in [2.24, 2.45) is 0 Å². The lowest BCUT2D eigenvalue weighted by atomic mass is 10.0. The fraction of sp³-hybridized carbons (Fsp3) is 0.194. The first-order valence-corrected chi connectivity index (χ1v) is 12.7. The number of carbonyl (C=O) groups excluding carboxylic acids is 2. The summed E-state index contributed by atoms with van der Waals surface area (Å²) in [6.45, 7) is 1.96. The third-order valence-corrected chi connectivity index (χ3v) is 6.58. The van der Waals surface area contributed by atoms with Crippen molar-refractivity contribution in [3.05, 3.63) is 102 Å². The third-order valence-electron chi connectivity index (χ3n) is 6.58. The van der Waals surface area contributed by atoms with Crippen molar-refractivity contribution in [3.8, 4) is 16.9 Å². The lowest BCUT2D eigenvalue weighted by molar-refractivity contribution is -0.115. The van der Waals surface area contributed by atoms with Crippen molar-refractivity contribution in [3.63, 3.8) is 0 Å². The number of hydrogen-bond acceptors (Lipinski definition) is 5. The van der Waals surface area contributed by atoms with E-state index >= 15 is 0 Å². The predicted molar refractivity (Wildman–Crippen MR) is 151 cm³/mol. The second-order valence-corrected chi connectivity index (χ2v) is 9.28. The maximum atomic E-state index is 12.9. The van der Waals surface area contributed by atoms with Crippen LogP contribution in [0, 0.1) is 0 Å². The Balaban J connectivity index is 1.21. The fourth-order valence-electron chi connectivity index (χ4n) is 4.54. The van der Waals surface area contributed by atoms with E-state index in [1.807, 2.05) is 78.9 Å². The van der Waals surface area contributed by atoms with Crippen LogP contribution in [-0.2, 0) is 11.2 Å². The molecule has 1 aromatic heterocycles. The minimum Gasteiger partial charge on any atom is -0.497 e. The summed E-state index contributed by atoms with van der Waals surface area (Å²) in [5.41, 5.74) is 4.92. The Morgan fingerprint density at radius 3 is 2.34 bits per heavy atom. The highest BCUT2D eigenvalue weighted by Gasteiger charge is 2.16. The van der Waals surface area contributed by atoms with Crippen LogP contribution in [0.1, 0.15) is 28.8 Å². The summed E-state index contributed by atoms with van der Waals surface area (Å²) in [5, 5.41) is 5.91. The lowest BCUT2D eigenvalue weighted by Gasteiger charge is -2.16. The highest BCUT2D eigenvalue weighted by atomic mass is 16.5. The molecule has 1 fully saturated rings. The number of hydrogen-bond donors (Lipinski definition) is 2. The van der Waals surface area contributed by atoms with Crippen LogP contribution in [-0.4, -0.2) is 37.0 Å². The van der Waals surface area contributed by atoms with E-state index in [2.05, 4.69) is 20.5 Å². The van der Waals surface area contributed by atoms with Crippen molar-refractivity contribution >= 4 is 29.0 Å². The number of ether oxygens (including phenoxy) is 1. The standard InChI is InChI=1S/C31H30N4O3/c1-38-28-13-11-26(12-14-28)33-30(36)19-22-7-9-23(10-8-22)24-5-4-6-27(20-24)34-31(37)25-15-16-32-29(21-25)35-17-2-3-18-35/h4-16,20-21H,2-3,17-19H2,1H3,(H,33,36)(H,34,37). The Bertz CT molecular complexity index is 1410. The molecule has 1 aliphatic rings. The van der Waals surface area contributed by atoms with Gasteiger partial charge in [0, 0.05) is 36.2 Å². The van der Waals surface area contributed by atoms with Crippen LogP contribution >= 0.6 is 0 Å². The lowest BCUT2D eigenvalue weighted by Crippen LogP contribution is -2.20. The molecule has 3 aromatic carbocycles. The Hall–Kier alpha value is -4.65. The zero-order valence-electron chi connectivity index (χ0n) is 21.3. The Kier molecular flexibility index (Phi) is 7.64. The summed E-state index contributed by atoms with van der Waals surface area (Å²) >= 11 is 0. The first-order valence-electron chi connectivity index (χ1n) is 12.7. The molecule has 7 nitrogen and oxygen atoms in total. The van der Waals surface area contributed by atoms with Crippen molar-refractivity contribution in [1.82, 2.24) is 4.98 Å². The molecule has 2 amide bonds. The number of aromatic nitrogens is 1. The number of benzene rings is 3. The number of nitrogens with one attached hydrogen (secondary N) is 2. The van der Waals surface area contributed by atoms with Crippen molar-refractivity contribution in [2.45, 2.75) is 19.3 Å². The van der Waals surface area contributed by atoms with E-state index in [9.17, 15) is 9.59 Å². The third kappa shape index (κ3) is 6.18. The Morgan fingerprint density at radius 2 is 1.61 bits per heavy atom. The van der Waals surface area contributed by atoms with Crippen LogP contribution in [0.2, 0.25) is 0 Å². The molecule has 5 rings (SSSR count). The maximum Gasteiger partial charge on any atom is 0.255 e. The molecule has 2 heterocycles. The summed E-state index contributed by atoms with van der Waals surface area (Å²) in [7, 11) is 1.61. The van der Waals surface area contributed by atoms with Crippen molar-refractivity contribution in [1.29, 1.82) is 0 Å². The molecular formula is C31H30N4O3. The second kappa shape index (κ2) is 11.6. The van der Waals surface area contributed by atoms with Gasteiger partial charge in [0.2, 0.25) is 5.91 Å². The molecule has 38 heavy (non-hydrogen) atoms. The smallest absolute Gasteiger partial charge is 0.255 e. The number of anilines is 3. The quantitative estimate of drug-likeness (QED) is 0.316. The number of pyridine rings is 1. The predicted octanol–water partition coefficient (Wildman–Crippen LogP) is 5.79. The highest BCUT2D eigenvalue weighted by molar-refractivity contribution is 6.05. The van der Waals surface area contributed by atoms with Crippen LogP contribution in [0.5, 0.6) is 5.75 Å². The molecule has 0 spiro atoms. The van der Waals surface area contributed by atoms with Gasteiger partial charge in [0.25, 0.3) is 5.91 Å². The van der Waals surface area contributed by atoms with Gasteiger partial charge in [-0.2, -0.15) is 0 Å². The molecule has 0 radical (unpaired) electrons. The molecule has 0 atom stereocenters. The van der Waals surface area contributed by atoms with Gasteiger partial charge in [-0.05, 0) is 78.1 Å². The fourth-order valence-corrected chi connectivity index (χ4v) is 4.54. The van der Waals surface area contributed by atoms with Crippen LogP contribution in [0.3, 0.4) is 0 Å². The summed E-state index contributed by atoms with van der Waals surface area (Å²) in [6, 6.07) is 26.5. The van der Waals surface area contributed by atoms with Gasteiger partial charge in [-0.1, -0.05) is 36.4 Å². The molecular weight excluding hydrogens is 476 g/mol. The first-order chi connectivity index (χ1) is 18.6. The normalized spacial score (nSPS) is 12.7. The Labute approximate surface area is 222 Å². The Morgan fingerprint density at radius 1 is 0.842 bits per heavy atom.